The summed E-state index contributed by atoms with van der Waals surface area (Å²) in [5.41, 5.74) is 5.95. The molecule has 2 aromatic heterocycles. The van der Waals surface area contributed by atoms with Gasteiger partial charge in [-0.1, -0.05) is 23.7 Å². The average molecular weight is 693 g/mol. The van der Waals surface area contributed by atoms with Gasteiger partial charge in [0.15, 0.2) is 0 Å². The average Bonchev–Trinajstić information content (AvgIpc) is 3.42. The first-order valence-electron chi connectivity index (χ1n) is 16.4. The van der Waals surface area contributed by atoms with Crippen LogP contribution < -0.4 is 14.4 Å². The highest BCUT2D eigenvalue weighted by atomic mass is 35.5. The van der Waals surface area contributed by atoms with Crippen molar-refractivity contribution in [2.45, 2.75) is 19.9 Å². The first-order chi connectivity index (χ1) is 24.2. The number of halogens is 1. The van der Waals surface area contributed by atoms with Crippen LogP contribution >= 0.6 is 11.6 Å². The third kappa shape index (κ3) is 6.49. The number of carbonyl (C=O) groups excluding carboxylic acids is 2. The molecule has 0 radical (unpaired) electrons. The van der Waals surface area contributed by atoms with Gasteiger partial charge in [-0.05, 0) is 80.6 Å². The number of phenols is 1. The van der Waals surface area contributed by atoms with Gasteiger partial charge in [0.1, 0.15) is 24.7 Å². The number of benzene rings is 3. The minimum absolute atomic E-state index is 0.0672. The molecule has 5 aliphatic heterocycles. The van der Waals surface area contributed by atoms with E-state index in [-0.39, 0.29) is 23.6 Å². The molecule has 8 bridgehead atoms. The summed E-state index contributed by atoms with van der Waals surface area (Å²) < 4.78 is 14.0. The van der Waals surface area contributed by atoms with Crippen molar-refractivity contribution in [1.29, 1.82) is 0 Å². The fraction of sp³-hybridized carbons (Fsp3) is 0.263. The number of ether oxygens (including phenoxy) is 2. The van der Waals surface area contributed by atoms with Crippen LogP contribution in [-0.2, 0) is 20.0 Å². The second-order valence-corrected chi connectivity index (χ2v) is 13.0. The number of phenolic OH excluding ortho intramolecular Hbond substituents is 1. The van der Waals surface area contributed by atoms with Crippen molar-refractivity contribution < 1.29 is 24.2 Å². The van der Waals surface area contributed by atoms with Gasteiger partial charge >= 0.3 is 6.01 Å². The number of rotatable bonds is 1. The van der Waals surface area contributed by atoms with E-state index in [9.17, 15) is 14.7 Å². The Morgan fingerprint density at radius 3 is 2.30 bits per heavy atom. The van der Waals surface area contributed by atoms with Gasteiger partial charge in [-0.3, -0.25) is 19.4 Å². The van der Waals surface area contributed by atoms with Crippen molar-refractivity contribution in [3.63, 3.8) is 0 Å². The zero-order valence-corrected chi connectivity index (χ0v) is 28.9. The minimum atomic E-state index is -0.344. The Kier molecular flexibility index (Phi) is 9.18. The van der Waals surface area contributed by atoms with Gasteiger partial charge in [0.05, 0.1) is 23.6 Å². The Hall–Kier alpha value is -5.39. The van der Waals surface area contributed by atoms with Crippen molar-refractivity contribution in [2.24, 2.45) is 7.05 Å². The smallest absolute Gasteiger partial charge is 0.316 e. The summed E-state index contributed by atoms with van der Waals surface area (Å²) in [6, 6.07) is 19.6. The van der Waals surface area contributed by atoms with E-state index in [0.29, 0.717) is 90.3 Å². The van der Waals surface area contributed by atoms with E-state index >= 15 is 0 Å². The predicted octanol–water partition coefficient (Wildman–Crippen LogP) is 6.03. The number of nitrogens with zero attached hydrogens (tertiary/aromatic N) is 6. The maximum atomic E-state index is 14.5. The SMILES string of the molecule is Cc1c2cc(n1C)-c1cc(Cl)ccc1C(=O)N1CCc3c(cccc3OCCN(C)CCOc3ncc(cn3)N(c3ccc(O)cc3)C2=O)C1. The van der Waals surface area contributed by atoms with Gasteiger partial charge in [0.25, 0.3) is 11.8 Å². The molecular formula is C38H37ClN6O5. The molecule has 5 aliphatic rings. The zero-order chi connectivity index (χ0) is 34.9. The number of hydrogen-bond acceptors (Lipinski definition) is 8. The Labute approximate surface area is 295 Å². The van der Waals surface area contributed by atoms with E-state index in [1.807, 2.05) is 48.7 Å². The molecule has 256 valence electrons. The summed E-state index contributed by atoms with van der Waals surface area (Å²) in [6.07, 6.45) is 3.74. The minimum Gasteiger partial charge on any atom is -0.508 e. The summed E-state index contributed by atoms with van der Waals surface area (Å²) in [5.74, 6) is 0.440. The number of aromatic hydroxyl groups is 1. The van der Waals surface area contributed by atoms with Crippen LogP contribution in [0.15, 0.2) is 79.1 Å². The summed E-state index contributed by atoms with van der Waals surface area (Å²) >= 11 is 6.55. The Morgan fingerprint density at radius 1 is 0.800 bits per heavy atom. The molecule has 1 N–H and O–H groups in total. The van der Waals surface area contributed by atoms with Crippen LogP contribution in [0.2, 0.25) is 5.02 Å². The number of amides is 2. The molecule has 0 spiro atoms. The zero-order valence-electron chi connectivity index (χ0n) is 28.1. The van der Waals surface area contributed by atoms with Crippen LogP contribution in [0, 0.1) is 6.92 Å². The normalized spacial score (nSPS) is 15.8. The van der Waals surface area contributed by atoms with Crippen LogP contribution in [0.1, 0.15) is 37.5 Å². The van der Waals surface area contributed by atoms with Crippen LogP contribution in [0.25, 0.3) is 11.3 Å². The Bertz CT molecular complexity index is 2060. The van der Waals surface area contributed by atoms with Gasteiger partial charge in [-0.2, -0.15) is 0 Å². The van der Waals surface area contributed by atoms with E-state index in [1.165, 1.54) is 29.4 Å². The molecule has 50 heavy (non-hydrogen) atoms. The molecule has 11 nitrogen and oxygen atoms in total. The lowest BCUT2D eigenvalue weighted by Gasteiger charge is -2.31. The van der Waals surface area contributed by atoms with E-state index in [4.69, 9.17) is 21.1 Å². The third-order valence-electron chi connectivity index (χ3n) is 9.38. The molecule has 0 saturated carbocycles. The highest BCUT2D eigenvalue weighted by Gasteiger charge is 2.29. The quantitative estimate of drug-likeness (QED) is 0.227. The first kappa shape index (κ1) is 33.1. The highest BCUT2D eigenvalue weighted by molar-refractivity contribution is 6.31. The predicted molar refractivity (Wildman–Crippen MR) is 191 cm³/mol. The van der Waals surface area contributed by atoms with Crippen LogP contribution in [-0.4, -0.2) is 81.2 Å². The summed E-state index contributed by atoms with van der Waals surface area (Å²) in [7, 11) is 3.85. The van der Waals surface area contributed by atoms with E-state index < -0.39 is 0 Å². The number of hydrogen-bond donors (Lipinski definition) is 1. The molecule has 5 aromatic rings. The standard InChI is InChI=1S/C38H37ClN6O5/c1-24-32-20-34(43(24)3)33-19-26(39)7-12-31(33)36(47)44-14-13-30-25(23-44)5-4-6-35(30)49-17-15-42(2)16-18-50-38-40-21-28(22-41-38)45(37(32)48)27-8-10-29(46)11-9-27/h4-12,19-22,46H,13-18,23H2,1-3H3. The van der Waals surface area contributed by atoms with Crippen molar-refractivity contribution in [3.8, 4) is 28.8 Å². The fourth-order valence-corrected chi connectivity index (χ4v) is 6.64. The van der Waals surface area contributed by atoms with Crippen LogP contribution in [0.5, 0.6) is 17.5 Å². The first-order valence-corrected chi connectivity index (χ1v) is 16.8. The van der Waals surface area contributed by atoms with Gasteiger partial charge < -0.3 is 24.0 Å². The van der Waals surface area contributed by atoms with Gasteiger partial charge in [-0.25, -0.2) is 9.97 Å². The summed E-state index contributed by atoms with van der Waals surface area (Å²) in [6.45, 7) is 4.99. The number of aromatic nitrogens is 3. The second-order valence-electron chi connectivity index (χ2n) is 12.5. The molecule has 12 heteroatoms. The van der Waals surface area contributed by atoms with Crippen LogP contribution in [0.4, 0.5) is 11.4 Å². The van der Waals surface area contributed by atoms with Gasteiger partial charge in [0.2, 0.25) is 0 Å². The molecule has 10 rings (SSSR count). The lowest BCUT2D eigenvalue weighted by Crippen LogP contribution is -2.36. The highest BCUT2D eigenvalue weighted by Crippen LogP contribution is 2.36. The lowest BCUT2D eigenvalue weighted by molar-refractivity contribution is 0.0734. The number of carbonyl (C=O) groups is 2. The molecule has 0 saturated heterocycles. The third-order valence-corrected chi connectivity index (χ3v) is 9.62. The van der Waals surface area contributed by atoms with Crippen molar-refractivity contribution in [1.82, 2.24) is 24.3 Å². The molecule has 2 amide bonds. The largest absolute Gasteiger partial charge is 0.508 e. The van der Waals surface area contributed by atoms with Gasteiger partial charge in [-0.15, -0.1) is 0 Å². The maximum absolute atomic E-state index is 14.5. The molecule has 0 atom stereocenters. The summed E-state index contributed by atoms with van der Waals surface area (Å²) in [4.78, 5) is 43.1. The second kappa shape index (κ2) is 13.9. The maximum Gasteiger partial charge on any atom is 0.316 e. The Balaban J connectivity index is 1.33. The van der Waals surface area contributed by atoms with E-state index in [0.717, 1.165) is 16.9 Å². The lowest BCUT2D eigenvalue weighted by atomic mass is 9.96. The molecular weight excluding hydrogens is 656 g/mol. The van der Waals surface area contributed by atoms with Crippen molar-refractivity contribution >= 4 is 34.8 Å². The van der Waals surface area contributed by atoms with Gasteiger partial charge in [0, 0.05) is 72.0 Å². The molecule has 0 unspecified atom stereocenters. The molecule has 0 aliphatic carbocycles. The molecule has 0 fully saturated rings. The topological polar surface area (TPSA) is 113 Å². The molecule has 7 heterocycles. The van der Waals surface area contributed by atoms with Crippen LogP contribution in [0.3, 0.4) is 0 Å². The number of likely N-dealkylation sites (N-methyl/N-ethyl adjacent to an activating group) is 1. The van der Waals surface area contributed by atoms with E-state index in [2.05, 4.69) is 14.9 Å². The Morgan fingerprint density at radius 2 is 1.54 bits per heavy atom. The van der Waals surface area contributed by atoms with E-state index in [1.54, 1.807) is 36.4 Å². The molecule has 3 aromatic carbocycles. The van der Waals surface area contributed by atoms with Crippen molar-refractivity contribution in [3.05, 3.63) is 112 Å². The summed E-state index contributed by atoms with van der Waals surface area (Å²) in [5, 5.41) is 10.5. The monoisotopic (exact) mass is 692 g/mol. The fourth-order valence-electron chi connectivity index (χ4n) is 6.46. The van der Waals surface area contributed by atoms with Crippen molar-refractivity contribution in [2.75, 3.05) is 44.8 Å². The number of anilines is 2.